The van der Waals surface area contributed by atoms with Gasteiger partial charge in [0, 0.05) is 19.6 Å². The van der Waals surface area contributed by atoms with Gasteiger partial charge in [-0.25, -0.2) is 4.79 Å². The largest absolute Gasteiger partial charge is 0.444 e. The smallest absolute Gasteiger partial charge is 0.410 e. The van der Waals surface area contributed by atoms with Gasteiger partial charge in [0.25, 0.3) is 0 Å². The number of nitrogens with one attached hydrogen (secondary N) is 1. The van der Waals surface area contributed by atoms with Gasteiger partial charge in [-0.05, 0) is 59.5 Å². The lowest BCUT2D eigenvalue weighted by molar-refractivity contribution is -0.125. The Kier molecular flexibility index (Phi) is 5.67. The third kappa shape index (κ3) is 4.87. The summed E-state index contributed by atoms with van der Waals surface area (Å²) in [5, 5.41) is 2.97. The fourth-order valence-corrected chi connectivity index (χ4v) is 3.04. The molecule has 2 fully saturated rings. The molecule has 1 atom stereocenters. The highest BCUT2D eigenvalue weighted by Gasteiger charge is 2.36. The van der Waals surface area contributed by atoms with Crippen LogP contribution in [0.2, 0.25) is 0 Å². The molecule has 6 heteroatoms. The molecule has 22 heavy (non-hydrogen) atoms. The molecule has 2 saturated heterocycles. The number of nitrogens with zero attached hydrogens (tertiary/aromatic N) is 2. The van der Waals surface area contributed by atoms with Crippen molar-refractivity contribution in [1.29, 1.82) is 0 Å². The molecular weight excluding hydrogens is 282 g/mol. The van der Waals surface area contributed by atoms with Gasteiger partial charge >= 0.3 is 6.09 Å². The molecule has 0 aromatic rings. The minimum atomic E-state index is -0.531. The zero-order valence-electron chi connectivity index (χ0n) is 14.1. The van der Waals surface area contributed by atoms with E-state index >= 15 is 0 Å². The second-order valence-corrected chi connectivity index (χ2v) is 7.17. The van der Waals surface area contributed by atoms with Crippen LogP contribution in [0.25, 0.3) is 0 Å². The first-order valence-corrected chi connectivity index (χ1v) is 8.36. The highest BCUT2D eigenvalue weighted by Crippen LogP contribution is 2.20. The van der Waals surface area contributed by atoms with E-state index in [1.807, 2.05) is 20.8 Å². The highest BCUT2D eigenvalue weighted by atomic mass is 16.6. The molecule has 1 N–H and O–H groups in total. The molecule has 6 nitrogen and oxygen atoms in total. The number of carbonyl (C=O) groups excluding carboxylic acids is 2. The summed E-state index contributed by atoms with van der Waals surface area (Å²) in [5.41, 5.74) is -0.531. The van der Waals surface area contributed by atoms with Gasteiger partial charge in [0.1, 0.15) is 11.6 Å². The molecule has 0 radical (unpaired) electrons. The third-order valence-electron chi connectivity index (χ3n) is 4.11. The van der Waals surface area contributed by atoms with Crippen LogP contribution in [0.4, 0.5) is 4.79 Å². The molecule has 1 unspecified atom stereocenters. The first-order chi connectivity index (χ1) is 10.4. The van der Waals surface area contributed by atoms with Crippen LogP contribution in [0, 0.1) is 0 Å². The van der Waals surface area contributed by atoms with Crippen molar-refractivity contribution in [3.05, 3.63) is 0 Å². The summed E-state index contributed by atoms with van der Waals surface area (Å²) in [4.78, 5) is 28.4. The summed E-state index contributed by atoms with van der Waals surface area (Å²) in [6.45, 7) is 9.92. The number of likely N-dealkylation sites (tertiary alicyclic amines) is 2. The van der Waals surface area contributed by atoms with Crippen molar-refractivity contribution >= 4 is 12.0 Å². The van der Waals surface area contributed by atoms with Gasteiger partial charge in [0.05, 0.1) is 0 Å². The van der Waals surface area contributed by atoms with Crippen LogP contribution in [-0.2, 0) is 9.53 Å². The Hall–Kier alpha value is -1.30. The fourth-order valence-electron chi connectivity index (χ4n) is 3.04. The number of carbonyl (C=O) groups is 2. The molecule has 0 aliphatic carbocycles. The van der Waals surface area contributed by atoms with Crippen LogP contribution in [0.3, 0.4) is 0 Å². The van der Waals surface area contributed by atoms with E-state index in [2.05, 4.69) is 10.2 Å². The van der Waals surface area contributed by atoms with Crippen LogP contribution in [-0.4, -0.2) is 66.2 Å². The maximum absolute atomic E-state index is 12.3. The van der Waals surface area contributed by atoms with E-state index in [0.717, 1.165) is 32.5 Å². The van der Waals surface area contributed by atoms with E-state index in [1.165, 1.54) is 12.8 Å². The van der Waals surface area contributed by atoms with Crippen molar-refractivity contribution in [2.24, 2.45) is 0 Å². The van der Waals surface area contributed by atoms with Crippen LogP contribution >= 0.6 is 0 Å². The second kappa shape index (κ2) is 7.31. The molecular formula is C16H29N3O3. The van der Waals surface area contributed by atoms with Gasteiger partial charge in [0.2, 0.25) is 5.91 Å². The number of rotatable bonds is 4. The molecule has 2 heterocycles. The van der Waals surface area contributed by atoms with Gasteiger partial charge in [-0.15, -0.1) is 0 Å². The lowest BCUT2D eigenvalue weighted by Gasteiger charge is -2.28. The SMILES string of the molecule is CC(C)(C)OC(=O)N1CCCC1C(=O)NCCN1CCCC1. The first kappa shape index (κ1) is 17.1. The predicted molar refractivity (Wildman–Crippen MR) is 84.6 cm³/mol. The summed E-state index contributed by atoms with van der Waals surface area (Å²) < 4.78 is 5.39. The van der Waals surface area contributed by atoms with Crippen molar-refractivity contribution in [3.8, 4) is 0 Å². The Labute approximate surface area is 133 Å². The fraction of sp³-hybridized carbons (Fsp3) is 0.875. The molecule has 2 rings (SSSR count). The Bertz CT molecular complexity index is 400. The summed E-state index contributed by atoms with van der Waals surface area (Å²) >= 11 is 0. The average Bonchev–Trinajstić information content (AvgIpc) is 3.07. The summed E-state index contributed by atoms with van der Waals surface area (Å²) in [6.07, 6.45) is 3.69. The molecule has 2 aliphatic heterocycles. The molecule has 0 bridgehead atoms. The number of hydrogen-bond donors (Lipinski definition) is 1. The molecule has 0 saturated carbocycles. The quantitative estimate of drug-likeness (QED) is 0.856. The van der Waals surface area contributed by atoms with Crippen LogP contribution in [0.1, 0.15) is 46.5 Å². The lowest BCUT2D eigenvalue weighted by atomic mass is 10.2. The normalized spacial score (nSPS) is 22.9. The molecule has 0 spiro atoms. The van der Waals surface area contributed by atoms with Gasteiger partial charge in [-0.1, -0.05) is 0 Å². The van der Waals surface area contributed by atoms with E-state index in [0.29, 0.717) is 13.1 Å². The second-order valence-electron chi connectivity index (χ2n) is 7.17. The van der Waals surface area contributed by atoms with E-state index < -0.39 is 5.60 Å². The van der Waals surface area contributed by atoms with E-state index in [-0.39, 0.29) is 18.0 Å². The first-order valence-electron chi connectivity index (χ1n) is 8.36. The monoisotopic (exact) mass is 311 g/mol. The molecule has 0 aromatic carbocycles. The van der Waals surface area contributed by atoms with E-state index in [1.54, 1.807) is 4.90 Å². The molecule has 126 valence electrons. The molecule has 0 aromatic heterocycles. The molecule has 2 aliphatic rings. The average molecular weight is 311 g/mol. The van der Waals surface area contributed by atoms with Gasteiger partial charge in [0.15, 0.2) is 0 Å². The predicted octanol–water partition coefficient (Wildman–Crippen LogP) is 1.60. The highest BCUT2D eigenvalue weighted by molar-refractivity contribution is 5.86. The topological polar surface area (TPSA) is 61.9 Å². The minimum absolute atomic E-state index is 0.0532. The standard InChI is InChI=1S/C16H29N3O3/c1-16(2,3)22-15(21)19-11-6-7-13(19)14(20)17-8-12-18-9-4-5-10-18/h13H,4-12H2,1-3H3,(H,17,20). The van der Waals surface area contributed by atoms with Crippen LogP contribution < -0.4 is 5.32 Å². The zero-order valence-corrected chi connectivity index (χ0v) is 14.1. The van der Waals surface area contributed by atoms with Crippen LogP contribution in [0.15, 0.2) is 0 Å². The zero-order chi connectivity index (χ0) is 16.2. The number of ether oxygens (including phenoxy) is 1. The van der Waals surface area contributed by atoms with Crippen molar-refractivity contribution in [2.45, 2.75) is 58.1 Å². The van der Waals surface area contributed by atoms with Gasteiger partial charge in [-0.2, -0.15) is 0 Å². The van der Waals surface area contributed by atoms with Gasteiger partial charge in [-0.3, -0.25) is 9.69 Å². The van der Waals surface area contributed by atoms with Crippen molar-refractivity contribution in [2.75, 3.05) is 32.7 Å². The van der Waals surface area contributed by atoms with Crippen molar-refractivity contribution in [1.82, 2.24) is 15.1 Å². The van der Waals surface area contributed by atoms with E-state index in [4.69, 9.17) is 4.74 Å². The lowest BCUT2D eigenvalue weighted by Crippen LogP contribution is -2.48. The van der Waals surface area contributed by atoms with Crippen molar-refractivity contribution in [3.63, 3.8) is 0 Å². The third-order valence-corrected chi connectivity index (χ3v) is 4.11. The summed E-state index contributed by atoms with van der Waals surface area (Å²) in [5.74, 6) is -0.0532. The summed E-state index contributed by atoms with van der Waals surface area (Å²) in [7, 11) is 0. The maximum Gasteiger partial charge on any atom is 0.410 e. The van der Waals surface area contributed by atoms with E-state index in [9.17, 15) is 9.59 Å². The number of hydrogen-bond acceptors (Lipinski definition) is 4. The van der Waals surface area contributed by atoms with Gasteiger partial charge < -0.3 is 15.0 Å². The number of amides is 2. The maximum atomic E-state index is 12.3. The summed E-state index contributed by atoms with van der Waals surface area (Å²) in [6, 6.07) is -0.381. The van der Waals surface area contributed by atoms with Crippen molar-refractivity contribution < 1.29 is 14.3 Å². The van der Waals surface area contributed by atoms with Crippen LogP contribution in [0.5, 0.6) is 0 Å². The Morgan fingerprint density at radius 1 is 1.14 bits per heavy atom. The Morgan fingerprint density at radius 2 is 1.82 bits per heavy atom. The Morgan fingerprint density at radius 3 is 2.45 bits per heavy atom. The molecule has 2 amide bonds. The Balaban J connectivity index is 1.78. The minimum Gasteiger partial charge on any atom is -0.444 e.